The minimum atomic E-state index is -0.814. The molecule has 2 rings (SSSR count). The maximum Gasteiger partial charge on any atom is 0.331 e. The number of aldehydes is 1. The van der Waals surface area contributed by atoms with Gasteiger partial charge in [0.05, 0.1) is 12.2 Å². The summed E-state index contributed by atoms with van der Waals surface area (Å²) in [6.45, 7) is 3.74. The Morgan fingerprint density at radius 3 is 2.70 bits per heavy atom. The molecule has 0 unspecified atom stereocenters. The van der Waals surface area contributed by atoms with Crippen molar-refractivity contribution in [2.24, 2.45) is 0 Å². The Morgan fingerprint density at radius 1 is 1.11 bits per heavy atom. The first-order valence-corrected chi connectivity index (χ1v) is 9.48. The second-order valence-electron chi connectivity index (χ2n) is 7.21. The molecule has 1 saturated heterocycles. The number of esters is 1. The van der Waals surface area contributed by atoms with E-state index in [0.29, 0.717) is 25.5 Å². The summed E-state index contributed by atoms with van der Waals surface area (Å²) < 4.78 is 11.3. The number of carbonyl (C=O) groups is 3. The van der Waals surface area contributed by atoms with Crippen LogP contribution in [0.15, 0.2) is 47.6 Å². The van der Waals surface area contributed by atoms with Gasteiger partial charge in [0.15, 0.2) is 18.2 Å². The van der Waals surface area contributed by atoms with Crippen LogP contribution in [0.3, 0.4) is 0 Å². The van der Waals surface area contributed by atoms with Crippen molar-refractivity contribution >= 4 is 18.0 Å². The number of ether oxygens (including phenoxy) is 2. The lowest BCUT2D eigenvalue weighted by Crippen LogP contribution is -2.26. The summed E-state index contributed by atoms with van der Waals surface area (Å²) in [5, 5.41) is 0. The largest absolute Gasteiger partial charge is 0.451 e. The van der Waals surface area contributed by atoms with Gasteiger partial charge in [-0.3, -0.25) is 9.59 Å². The Labute approximate surface area is 160 Å². The third-order valence-corrected chi connectivity index (χ3v) is 4.56. The number of fused-ring (bicyclic) bond motifs is 2. The van der Waals surface area contributed by atoms with Crippen LogP contribution >= 0.6 is 0 Å². The fourth-order valence-electron chi connectivity index (χ4n) is 3.27. The van der Waals surface area contributed by atoms with E-state index in [1.807, 2.05) is 26.0 Å². The van der Waals surface area contributed by atoms with E-state index >= 15 is 0 Å². The van der Waals surface area contributed by atoms with Gasteiger partial charge in [-0.25, -0.2) is 4.79 Å². The van der Waals surface area contributed by atoms with Crippen molar-refractivity contribution in [3.05, 3.63) is 47.6 Å². The number of ketones is 1. The number of carbonyl (C=O) groups excluding carboxylic acids is 3. The molecule has 3 atom stereocenters. The second-order valence-corrected chi connectivity index (χ2v) is 7.21. The van der Waals surface area contributed by atoms with Crippen LogP contribution < -0.4 is 0 Å². The molecule has 0 spiro atoms. The maximum atomic E-state index is 12.0. The first-order chi connectivity index (χ1) is 13.0. The third kappa shape index (κ3) is 7.87. The highest BCUT2D eigenvalue weighted by Crippen LogP contribution is 2.24. The summed E-state index contributed by atoms with van der Waals surface area (Å²) in [6.07, 6.45) is 14.2. The van der Waals surface area contributed by atoms with E-state index in [1.54, 1.807) is 18.2 Å². The Morgan fingerprint density at radius 2 is 1.93 bits per heavy atom. The van der Waals surface area contributed by atoms with E-state index < -0.39 is 12.1 Å². The molecule has 0 amide bonds. The Kier molecular flexibility index (Phi) is 8.40. The van der Waals surface area contributed by atoms with Gasteiger partial charge in [0.2, 0.25) is 0 Å². The summed E-state index contributed by atoms with van der Waals surface area (Å²) in [5.74, 6) is -0.560. The SMILES string of the molecule is C/C1=C\C=C\C(=O)O[C@H](C=O)C/C(C)=C/[C@@H]2CCC[C@H](C/C=C/C(=O)C1)O2. The number of rotatable bonds is 1. The number of cyclic esters (lactones) is 1. The number of hydrogen-bond acceptors (Lipinski definition) is 5. The van der Waals surface area contributed by atoms with Gasteiger partial charge < -0.3 is 9.47 Å². The highest BCUT2D eigenvalue weighted by atomic mass is 16.5. The summed E-state index contributed by atoms with van der Waals surface area (Å²) in [6, 6.07) is 0. The molecule has 2 bridgehead atoms. The van der Waals surface area contributed by atoms with Gasteiger partial charge in [-0.05, 0) is 45.6 Å². The Balaban J connectivity index is 2.17. The molecule has 2 aliphatic heterocycles. The monoisotopic (exact) mass is 372 g/mol. The van der Waals surface area contributed by atoms with Gasteiger partial charge in [0.1, 0.15) is 0 Å². The summed E-state index contributed by atoms with van der Waals surface area (Å²) in [4.78, 5) is 35.2. The molecule has 146 valence electrons. The van der Waals surface area contributed by atoms with Crippen LogP contribution in [-0.4, -0.2) is 36.4 Å². The molecule has 2 aliphatic rings. The predicted octanol–water partition coefficient (Wildman–Crippen LogP) is 3.79. The smallest absolute Gasteiger partial charge is 0.331 e. The lowest BCUT2D eigenvalue weighted by molar-refractivity contribution is -0.146. The standard InChI is InChI=1S/C22H28O5/c1-16-6-3-11-22(25)27-21(15-23)14-17(2)13-20-10-5-9-19(26-20)8-4-7-18(24)12-16/h3-4,6-7,11,13,15,19-21H,5,8-10,12,14H2,1-2H3/b7-4+,11-3+,16-6+,17-13+/t19-,20-,21-/m0/s1. The second kappa shape index (κ2) is 10.8. The molecule has 0 aromatic rings. The van der Waals surface area contributed by atoms with Gasteiger partial charge in [-0.1, -0.05) is 35.5 Å². The molecular weight excluding hydrogens is 344 g/mol. The fraction of sp³-hybridized carbons (Fsp3) is 0.500. The average Bonchev–Trinajstić information content (AvgIpc) is 2.60. The molecule has 0 aromatic heterocycles. The first-order valence-electron chi connectivity index (χ1n) is 9.48. The molecule has 0 N–H and O–H groups in total. The molecule has 2 heterocycles. The van der Waals surface area contributed by atoms with E-state index in [4.69, 9.17) is 9.47 Å². The summed E-state index contributed by atoms with van der Waals surface area (Å²) in [5.41, 5.74) is 1.80. The fourth-order valence-corrected chi connectivity index (χ4v) is 3.27. The van der Waals surface area contributed by atoms with Crippen LogP contribution in [0.25, 0.3) is 0 Å². The van der Waals surface area contributed by atoms with Gasteiger partial charge in [0.25, 0.3) is 0 Å². The van der Waals surface area contributed by atoms with E-state index in [1.165, 1.54) is 6.08 Å². The van der Waals surface area contributed by atoms with Crippen molar-refractivity contribution in [2.75, 3.05) is 0 Å². The van der Waals surface area contributed by atoms with Crippen molar-refractivity contribution in [3.63, 3.8) is 0 Å². The van der Waals surface area contributed by atoms with Crippen molar-refractivity contribution in [1.29, 1.82) is 0 Å². The van der Waals surface area contributed by atoms with Crippen LogP contribution in [0.2, 0.25) is 0 Å². The molecule has 5 heteroatoms. The zero-order valence-electron chi connectivity index (χ0n) is 16.1. The average molecular weight is 372 g/mol. The zero-order valence-corrected chi connectivity index (χ0v) is 16.1. The summed E-state index contributed by atoms with van der Waals surface area (Å²) >= 11 is 0. The maximum absolute atomic E-state index is 12.0. The van der Waals surface area contributed by atoms with Gasteiger partial charge in [0, 0.05) is 18.9 Å². The Bertz CT molecular complexity index is 668. The Hall–Kier alpha value is -2.27. The van der Waals surface area contributed by atoms with E-state index in [2.05, 4.69) is 0 Å². The molecule has 27 heavy (non-hydrogen) atoms. The predicted molar refractivity (Wildman–Crippen MR) is 103 cm³/mol. The molecular formula is C22H28O5. The molecule has 5 nitrogen and oxygen atoms in total. The van der Waals surface area contributed by atoms with Gasteiger partial charge in [-0.15, -0.1) is 0 Å². The number of hydrogen-bond donors (Lipinski definition) is 0. The quantitative estimate of drug-likeness (QED) is 0.398. The molecule has 0 saturated carbocycles. The topological polar surface area (TPSA) is 69.7 Å². The third-order valence-electron chi connectivity index (χ3n) is 4.56. The highest BCUT2D eigenvalue weighted by Gasteiger charge is 2.21. The van der Waals surface area contributed by atoms with Crippen LogP contribution in [0.5, 0.6) is 0 Å². The minimum absolute atomic E-state index is 0.0141. The van der Waals surface area contributed by atoms with Gasteiger partial charge in [-0.2, -0.15) is 0 Å². The van der Waals surface area contributed by atoms with Crippen molar-refractivity contribution in [2.45, 2.75) is 70.7 Å². The molecule has 0 radical (unpaired) electrons. The molecule has 1 fully saturated rings. The van der Waals surface area contributed by atoms with E-state index in [9.17, 15) is 14.4 Å². The lowest BCUT2D eigenvalue weighted by Gasteiger charge is -2.28. The highest BCUT2D eigenvalue weighted by molar-refractivity contribution is 5.91. The van der Waals surface area contributed by atoms with E-state index in [-0.39, 0.29) is 18.0 Å². The van der Waals surface area contributed by atoms with Gasteiger partial charge >= 0.3 is 5.97 Å². The normalized spacial score (nSPS) is 34.7. The lowest BCUT2D eigenvalue weighted by atomic mass is 9.99. The van der Waals surface area contributed by atoms with Crippen LogP contribution in [0, 0.1) is 0 Å². The minimum Gasteiger partial charge on any atom is -0.451 e. The van der Waals surface area contributed by atoms with E-state index in [0.717, 1.165) is 30.4 Å². The van der Waals surface area contributed by atoms with Crippen molar-refractivity contribution in [3.8, 4) is 0 Å². The van der Waals surface area contributed by atoms with Crippen molar-refractivity contribution in [1.82, 2.24) is 0 Å². The molecule has 0 aromatic carbocycles. The van der Waals surface area contributed by atoms with Crippen molar-refractivity contribution < 1.29 is 23.9 Å². The van der Waals surface area contributed by atoms with Crippen LogP contribution in [0.4, 0.5) is 0 Å². The van der Waals surface area contributed by atoms with Crippen LogP contribution in [-0.2, 0) is 23.9 Å². The van der Waals surface area contributed by atoms with Crippen LogP contribution in [0.1, 0.15) is 52.4 Å². The molecule has 0 aliphatic carbocycles. The summed E-state index contributed by atoms with van der Waals surface area (Å²) in [7, 11) is 0. The first kappa shape index (κ1) is 21.0. The zero-order chi connectivity index (χ0) is 19.6. The number of allylic oxidation sites excluding steroid dienone is 4.